The lowest BCUT2D eigenvalue weighted by Gasteiger charge is -2.01. The number of halogens is 2. The Labute approximate surface area is 71.7 Å². The van der Waals surface area contributed by atoms with Crippen molar-refractivity contribution in [2.45, 2.75) is 0 Å². The van der Waals surface area contributed by atoms with E-state index in [1.165, 1.54) is 0 Å². The highest BCUT2D eigenvalue weighted by molar-refractivity contribution is 9.10. The van der Waals surface area contributed by atoms with Crippen molar-refractivity contribution in [3.05, 3.63) is 21.6 Å². The highest BCUT2D eigenvalue weighted by Crippen LogP contribution is 2.35. The van der Waals surface area contributed by atoms with Crippen molar-refractivity contribution in [3.63, 3.8) is 0 Å². The fourth-order valence-electron chi connectivity index (χ4n) is 0.555. The van der Waals surface area contributed by atoms with E-state index in [0.29, 0.717) is 4.47 Å². The smallest absolute Gasteiger partial charge is 0.158 e. The Morgan fingerprint density at radius 2 is 2.10 bits per heavy atom. The van der Waals surface area contributed by atoms with Crippen LogP contribution in [-0.2, 0) is 0 Å². The van der Waals surface area contributed by atoms with Gasteiger partial charge in [-0.1, -0.05) is 11.6 Å². The first-order valence-electron chi connectivity index (χ1n) is 2.55. The molecule has 10 heavy (non-hydrogen) atoms. The molecule has 0 aliphatic heterocycles. The number of phenols is 1. The second kappa shape index (κ2) is 2.68. The predicted octanol–water partition coefficient (Wildman–Crippen LogP) is 2.39. The van der Waals surface area contributed by atoms with Crippen molar-refractivity contribution in [1.82, 2.24) is 0 Å². The van der Waals surface area contributed by atoms with Gasteiger partial charge >= 0.3 is 0 Å². The molecule has 0 unspecified atom stereocenters. The first-order valence-corrected chi connectivity index (χ1v) is 3.72. The van der Waals surface area contributed by atoms with Gasteiger partial charge in [0.15, 0.2) is 5.75 Å². The van der Waals surface area contributed by atoms with Crippen molar-refractivity contribution in [2.75, 3.05) is 5.73 Å². The molecule has 0 saturated heterocycles. The van der Waals surface area contributed by atoms with E-state index in [0.717, 1.165) is 0 Å². The highest BCUT2D eigenvalue weighted by Gasteiger charge is 2.04. The molecule has 0 spiro atoms. The van der Waals surface area contributed by atoms with Crippen LogP contribution in [0.25, 0.3) is 0 Å². The fourth-order valence-corrected chi connectivity index (χ4v) is 1.05. The molecule has 0 fully saturated rings. The van der Waals surface area contributed by atoms with Gasteiger partial charge in [0.25, 0.3) is 0 Å². The van der Waals surface area contributed by atoms with Crippen LogP contribution in [0.2, 0.25) is 5.02 Å². The standard InChI is InChI=1S/C6H5BrClNO/c7-3-1-2-4(9)6(10)5(3)8/h1-2,10H,9H2. The van der Waals surface area contributed by atoms with Crippen molar-refractivity contribution in [1.29, 1.82) is 0 Å². The molecular formula is C6H5BrClNO. The van der Waals surface area contributed by atoms with Crippen LogP contribution in [0, 0.1) is 0 Å². The zero-order valence-electron chi connectivity index (χ0n) is 4.94. The molecule has 1 aromatic carbocycles. The Bertz CT molecular complexity index is 237. The molecule has 0 radical (unpaired) electrons. The summed E-state index contributed by atoms with van der Waals surface area (Å²) < 4.78 is 0.640. The summed E-state index contributed by atoms with van der Waals surface area (Å²) in [6, 6.07) is 3.25. The number of nitrogens with two attached hydrogens (primary N) is 1. The summed E-state index contributed by atoms with van der Waals surface area (Å²) in [6.45, 7) is 0. The lowest BCUT2D eigenvalue weighted by atomic mass is 10.3. The maximum absolute atomic E-state index is 9.10. The van der Waals surface area contributed by atoms with E-state index in [9.17, 15) is 0 Å². The molecule has 4 heteroatoms. The minimum atomic E-state index is -0.0731. The van der Waals surface area contributed by atoms with E-state index >= 15 is 0 Å². The molecule has 0 aromatic heterocycles. The van der Waals surface area contributed by atoms with Gasteiger partial charge in [-0.05, 0) is 28.1 Å². The van der Waals surface area contributed by atoms with Crippen LogP contribution >= 0.6 is 27.5 Å². The Kier molecular flexibility index (Phi) is 2.06. The van der Waals surface area contributed by atoms with Gasteiger partial charge in [0.1, 0.15) is 0 Å². The summed E-state index contributed by atoms with van der Waals surface area (Å²) in [5.41, 5.74) is 5.62. The Balaban J connectivity index is 3.34. The van der Waals surface area contributed by atoms with Gasteiger partial charge in [-0.2, -0.15) is 0 Å². The Hall–Kier alpha value is -0.410. The van der Waals surface area contributed by atoms with E-state index in [-0.39, 0.29) is 16.5 Å². The Morgan fingerprint density at radius 1 is 1.50 bits per heavy atom. The SMILES string of the molecule is Nc1ccc(Br)c(Cl)c1O. The first kappa shape index (κ1) is 7.69. The third-order valence-corrected chi connectivity index (χ3v) is 2.37. The molecule has 0 heterocycles. The monoisotopic (exact) mass is 221 g/mol. The van der Waals surface area contributed by atoms with Crippen LogP contribution < -0.4 is 5.73 Å². The predicted molar refractivity (Wildman–Crippen MR) is 45.2 cm³/mol. The maximum Gasteiger partial charge on any atom is 0.158 e. The van der Waals surface area contributed by atoms with Crippen molar-refractivity contribution >= 4 is 33.2 Å². The van der Waals surface area contributed by atoms with E-state index < -0.39 is 0 Å². The van der Waals surface area contributed by atoms with Gasteiger partial charge in [-0.3, -0.25) is 0 Å². The first-order chi connectivity index (χ1) is 4.63. The van der Waals surface area contributed by atoms with Gasteiger partial charge in [0, 0.05) is 4.47 Å². The molecule has 3 N–H and O–H groups in total. The normalized spacial score (nSPS) is 9.80. The van der Waals surface area contributed by atoms with E-state index in [2.05, 4.69) is 15.9 Å². The van der Waals surface area contributed by atoms with E-state index in [4.69, 9.17) is 22.4 Å². The number of anilines is 1. The summed E-state index contributed by atoms with van der Waals surface area (Å²) in [5, 5.41) is 9.35. The number of aromatic hydroxyl groups is 1. The van der Waals surface area contributed by atoms with Crippen LogP contribution in [-0.4, -0.2) is 5.11 Å². The quantitative estimate of drug-likeness (QED) is 0.523. The van der Waals surface area contributed by atoms with Crippen LogP contribution in [0.1, 0.15) is 0 Å². The fraction of sp³-hybridized carbons (Fsp3) is 0. The van der Waals surface area contributed by atoms with Gasteiger partial charge in [-0.15, -0.1) is 0 Å². The molecule has 2 nitrogen and oxygen atoms in total. The molecule has 1 aromatic rings. The maximum atomic E-state index is 9.10. The molecule has 1 rings (SSSR count). The number of nitrogen functional groups attached to an aromatic ring is 1. The molecule has 54 valence electrons. The van der Waals surface area contributed by atoms with Crippen molar-refractivity contribution in [2.24, 2.45) is 0 Å². The third kappa shape index (κ3) is 1.20. The zero-order chi connectivity index (χ0) is 7.72. The largest absolute Gasteiger partial charge is 0.504 e. The van der Waals surface area contributed by atoms with Gasteiger partial charge < -0.3 is 10.8 Å². The molecule has 0 amide bonds. The van der Waals surface area contributed by atoms with E-state index in [1.54, 1.807) is 12.1 Å². The van der Waals surface area contributed by atoms with Crippen LogP contribution in [0.3, 0.4) is 0 Å². The molecular weight excluding hydrogens is 217 g/mol. The summed E-state index contributed by atoms with van der Waals surface area (Å²) in [7, 11) is 0. The number of benzene rings is 1. The average molecular weight is 222 g/mol. The number of hydrogen-bond donors (Lipinski definition) is 2. The molecule has 0 atom stereocenters. The van der Waals surface area contributed by atoms with E-state index in [1.807, 2.05) is 0 Å². The van der Waals surface area contributed by atoms with Crippen LogP contribution in [0.5, 0.6) is 5.75 Å². The number of rotatable bonds is 0. The van der Waals surface area contributed by atoms with Gasteiger partial charge in [0.05, 0.1) is 10.7 Å². The van der Waals surface area contributed by atoms with Crippen LogP contribution in [0.4, 0.5) is 5.69 Å². The summed E-state index contributed by atoms with van der Waals surface area (Å²) in [6.07, 6.45) is 0. The minimum absolute atomic E-state index is 0.0731. The Morgan fingerprint density at radius 3 is 2.60 bits per heavy atom. The lowest BCUT2D eigenvalue weighted by Crippen LogP contribution is -1.85. The molecule has 0 aliphatic carbocycles. The summed E-state index contributed by atoms with van der Waals surface area (Å²) in [5.74, 6) is -0.0731. The highest BCUT2D eigenvalue weighted by atomic mass is 79.9. The number of phenolic OH excluding ortho intramolecular Hbond substituents is 1. The van der Waals surface area contributed by atoms with Gasteiger partial charge in [-0.25, -0.2) is 0 Å². The summed E-state index contributed by atoms with van der Waals surface area (Å²) in [4.78, 5) is 0. The van der Waals surface area contributed by atoms with Gasteiger partial charge in [0.2, 0.25) is 0 Å². The van der Waals surface area contributed by atoms with Crippen molar-refractivity contribution < 1.29 is 5.11 Å². The molecule has 0 aliphatic rings. The zero-order valence-corrected chi connectivity index (χ0v) is 7.28. The molecule has 0 bridgehead atoms. The van der Waals surface area contributed by atoms with Crippen LogP contribution in [0.15, 0.2) is 16.6 Å². The third-order valence-electron chi connectivity index (χ3n) is 1.10. The average Bonchev–Trinajstić information content (AvgIpc) is 1.93. The molecule has 0 saturated carbocycles. The summed E-state index contributed by atoms with van der Waals surface area (Å²) >= 11 is 8.74. The lowest BCUT2D eigenvalue weighted by molar-refractivity contribution is 0.478. The minimum Gasteiger partial charge on any atom is -0.504 e. The topological polar surface area (TPSA) is 46.2 Å². The van der Waals surface area contributed by atoms with Crippen molar-refractivity contribution in [3.8, 4) is 5.75 Å². The second-order valence-electron chi connectivity index (χ2n) is 1.80. The second-order valence-corrected chi connectivity index (χ2v) is 3.03. The number of hydrogen-bond acceptors (Lipinski definition) is 2.